The fourth-order valence-electron chi connectivity index (χ4n) is 4.41. The van der Waals surface area contributed by atoms with E-state index in [1.165, 1.54) is 6.33 Å². The van der Waals surface area contributed by atoms with Crippen molar-refractivity contribution in [3.63, 3.8) is 0 Å². The summed E-state index contributed by atoms with van der Waals surface area (Å²) in [4.78, 5) is 27.8. The van der Waals surface area contributed by atoms with E-state index in [1.807, 2.05) is 43.4 Å². The molecular weight excluding hydrogens is 382 g/mol. The van der Waals surface area contributed by atoms with Crippen molar-refractivity contribution >= 4 is 11.7 Å². The Balaban J connectivity index is 1.44. The highest BCUT2D eigenvalue weighted by molar-refractivity contribution is 5.81. The van der Waals surface area contributed by atoms with Crippen LogP contribution in [0.3, 0.4) is 0 Å². The molecule has 0 unspecified atom stereocenters. The number of hydrogen-bond donors (Lipinski definition) is 0. The highest BCUT2D eigenvalue weighted by atomic mass is 16.5. The molecule has 0 N–H and O–H groups in total. The molecule has 1 aromatic heterocycles. The Kier molecular flexibility index (Phi) is 5.87. The van der Waals surface area contributed by atoms with Gasteiger partial charge in [-0.15, -0.1) is 0 Å². The van der Waals surface area contributed by atoms with Crippen LogP contribution in [-0.2, 0) is 16.1 Å². The zero-order valence-corrected chi connectivity index (χ0v) is 17.8. The molecule has 8 heteroatoms. The largest absolute Gasteiger partial charge is 0.481 e. The maximum atomic E-state index is 13.1. The van der Waals surface area contributed by atoms with E-state index in [2.05, 4.69) is 26.8 Å². The Morgan fingerprint density at radius 1 is 1.30 bits per heavy atom. The molecule has 0 bridgehead atoms. The number of likely N-dealkylation sites (N-methyl/N-ethyl adjacent to an activating group) is 2. The first-order valence-corrected chi connectivity index (χ1v) is 10.2. The third-order valence-corrected chi connectivity index (χ3v) is 5.82. The Morgan fingerprint density at radius 2 is 2.10 bits per heavy atom. The van der Waals surface area contributed by atoms with Gasteiger partial charge >= 0.3 is 0 Å². The van der Waals surface area contributed by atoms with Gasteiger partial charge in [0.25, 0.3) is 5.91 Å². The highest BCUT2D eigenvalue weighted by Crippen LogP contribution is 2.34. The van der Waals surface area contributed by atoms with Gasteiger partial charge in [-0.25, -0.2) is 9.97 Å². The van der Waals surface area contributed by atoms with Crippen LogP contribution in [0.1, 0.15) is 12.0 Å². The molecule has 1 amide bonds. The number of ether oxygens (including phenoxy) is 2. The first kappa shape index (κ1) is 20.6. The van der Waals surface area contributed by atoms with Gasteiger partial charge in [0, 0.05) is 45.8 Å². The number of carbonyl (C=O) groups excluding carboxylic acids is 1. The lowest BCUT2D eigenvalue weighted by Crippen LogP contribution is -2.59. The molecule has 2 aliphatic rings. The van der Waals surface area contributed by atoms with E-state index < -0.39 is 6.10 Å². The molecule has 2 atom stereocenters. The molecule has 160 valence electrons. The third-order valence-electron chi connectivity index (χ3n) is 5.82. The molecule has 0 aliphatic carbocycles. The van der Waals surface area contributed by atoms with Crippen molar-refractivity contribution in [3.8, 4) is 5.88 Å². The normalized spacial score (nSPS) is 24.2. The molecule has 8 nitrogen and oxygen atoms in total. The van der Waals surface area contributed by atoms with Gasteiger partial charge in [0.2, 0.25) is 5.88 Å². The van der Waals surface area contributed by atoms with Crippen molar-refractivity contribution in [1.82, 2.24) is 19.8 Å². The molecule has 0 saturated carbocycles. The van der Waals surface area contributed by atoms with Crippen molar-refractivity contribution in [2.75, 3.05) is 52.3 Å². The average molecular weight is 412 g/mol. The number of nitrogens with zero attached hydrogens (tertiary/aromatic N) is 5. The molecule has 2 aromatic rings. The summed E-state index contributed by atoms with van der Waals surface area (Å²) >= 11 is 0. The van der Waals surface area contributed by atoms with Gasteiger partial charge in [0.15, 0.2) is 0 Å². The minimum absolute atomic E-state index is 0.0203. The second kappa shape index (κ2) is 8.57. The van der Waals surface area contributed by atoms with Crippen LogP contribution < -0.4 is 9.64 Å². The van der Waals surface area contributed by atoms with Crippen molar-refractivity contribution in [2.24, 2.45) is 0 Å². The van der Waals surface area contributed by atoms with Crippen LogP contribution >= 0.6 is 0 Å². The Bertz CT molecular complexity index is 880. The number of morpholine rings is 1. The number of methoxy groups -OCH3 is 1. The van der Waals surface area contributed by atoms with Crippen molar-refractivity contribution in [1.29, 1.82) is 0 Å². The lowest BCUT2D eigenvalue weighted by atomic mass is 9.99. The van der Waals surface area contributed by atoms with E-state index in [1.54, 1.807) is 12.0 Å². The summed E-state index contributed by atoms with van der Waals surface area (Å²) in [5.41, 5.74) is 0.719. The van der Waals surface area contributed by atoms with E-state index in [0.717, 1.165) is 30.9 Å². The molecule has 1 spiro atoms. The minimum Gasteiger partial charge on any atom is -0.481 e. The summed E-state index contributed by atoms with van der Waals surface area (Å²) in [5.74, 6) is 1.38. The molecule has 0 radical (unpaired) electrons. The van der Waals surface area contributed by atoms with Gasteiger partial charge in [0.05, 0.1) is 7.11 Å². The lowest BCUT2D eigenvalue weighted by Gasteiger charge is -2.43. The molecule has 3 heterocycles. The van der Waals surface area contributed by atoms with Gasteiger partial charge in [-0.3, -0.25) is 4.79 Å². The van der Waals surface area contributed by atoms with E-state index in [-0.39, 0.29) is 11.5 Å². The van der Waals surface area contributed by atoms with Gasteiger partial charge < -0.3 is 24.2 Å². The van der Waals surface area contributed by atoms with E-state index in [0.29, 0.717) is 25.5 Å². The summed E-state index contributed by atoms with van der Waals surface area (Å²) in [6, 6.07) is 11.9. The molecule has 1 aromatic carbocycles. The molecule has 2 aliphatic heterocycles. The van der Waals surface area contributed by atoms with E-state index in [9.17, 15) is 4.79 Å². The monoisotopic (exact) mass is 411 g/mol. The first-order valence-electron chi connectivity index (χ1n) is 10.2. The quantitative estimate of drug-likeness (QED) is 0.737. The summed E-state index contributed by atoms with van der Waals surface area (Å²) in [7, 11) is 5.49. The predicted octanol–water partition coefficient (Wildman–Crippen LogP) is 1.42. The SMILES string of the molecule is COc1cc(N2CC[C@@]3(CN(C)C[C@H](C(=O)N(C)Cc4ccccc4)O3)C2)ncn1. The number of benzene rings is 1. The van der Waals surface area contributed by atoms with Gasteiger partial charge in [-0.05, 0) is 19.0 Å². The summed E-state index contributed by atoms with van der Waals surface area (Å²) in [6.45, 7) is 3.46. The van der Waals surface area contributed by atoms with Gasteiger partial charge in [-0.2, -0.15) is 0 Å². The van der Waals surface area contributed by atoms with Crippen LogP contribution in [0.2, 0.25) is 0 Å². The number of carbonyl (C=O) groups is 1. The van der Waals surface area contributed by atoms with Crippen molar-refractivity contribution in [3.05, 3.63) is 48.3 Å². The number of anilines is 1. The average Bonchev–Trinajstić information content (AvgIpc) is 3.16. The third kappa shape index (κ3) is 4.39. The summed E-state index contributed by atoms with van der Waals surface area (Å²) in [5, 5.41) is 0. The second-order valence-corrected chi connectivity index (χ2v) is 8.26. The molecule has 2 fully saturated rings. The Hall–Kier alpha value is -2.71. The minimum atomic E-state index is -0.475. The maximum absolute atomic E-state index is 13.1. The number of rotatable bonds is 5. The second-order valence-electron chi connectivity index (χ2n) is 8.26. The van der Waals surface area contributed by atoms with Crippen LogP contribution in [0.25, 0.3) is 0 Å². The molecule has 30 heavy (non-hydrogen) atoms. The Morgan fingerprint density at radius 3 is 2.87 bits per heavy atom. The van der Waals surface area contributed by atoms with E-state index >= 15 is 0 Å². The smallest absolute Gasteiger partial charge is 0.253 e. The Labute approximate surface area is 177 Å². The van der Waals surface area contributed by atoms with Crippen LogP contribution in [0.5, 0.6) is 5.88 Å². The number of hydrogen-bond acceptors (Lipinski definition) is 7. The summed E-state index contributed by atoms with van der Waals surface area (Å²) < 4.78 is 11.7. The topological polar surface area (TPSA) is 71.0 Å². The van der Waals surface area contributed by atoms with E-state index in [4.69, 9.17) is 9.47 Å². The zero-order valence-electron chi connectivity index (χ0n) is 17.8. The standard InChI is InChI=1S/C22H29N5O3/c1-25-13-18(21(28)26(2)12-17-7-5-4-6-8-17)30-22(14-25)9-10-27(15-22)19-11-20(29-3)24-16-23-19/h4-8,11,16,18H,9-10,12-15H2,1-3H3/t18-,22-/m1/s1. The van der Waals surface area contributed by atoms with Gasteiger partial charge in [-0.1, -0.05) is 30.3 Å². The fraction of sp³-hybridized carbons (Fsp3) is 0.500. The maximum Gasteiger partial charge on any atom is 0.253 e. The fourth-order valence-corrected chi connectivity index (χ4v) is 4.41. The van der Waals surface area contributed by atoms with Crippen molar-refractivity contribution < 1.29 is 14.3 Å². The predicted molar refractivity (Wildman–Crippen MR) is 113 cm³/mol. The lowest BCUT2D eigenvalue weighted by molar-refractivity contribution is -0.172. The zero-order chi connectivity index (χ0) is 21.1. The number of amides is 1. The first-order chi connectivity index (χ1) is 14.5. The number of aromatic nitrogens is 2. The molecular formula is C22H29N5O3. The van der Waals surface area contributed by atoms with Crippen LogP contribution in [0, 0.1) is 0 Å². The van der Waals surface area contributed by atoms with Crippen LogP contribution in [0.4, 0.5) is 5.82 Å². The highest BCUT2D eigenvalue weighted by Gasteiger charge is 2.47. The molecule has 2 saturated heterocycles. The molecule has 4 rings (SSSR count). The van der Waals surface area contributed by atoms with Crippen molar-refractivity contribution in [2.45, 2.75) is 24.7 Å². The van der Waals surface area contributed by atoms with Crippen LogP contribution in [-0.4, -0.2) is 84.8 Å². The van der Waals surface area contributed by atoms with Crippen LogP contribution in [0.15, 0.2) is 42.7 Å². The summed E-state index contributed by atoms with van der Waals surface area (Å²) in [6.07, 6.45) is 1.88. The van der Waals surface area contributed by atoms with Gasteiger partial charge in [0.1, 0.15) is 23.9 Å².